The predicted octanol–water partition coefficient (Wildman–Crippen LogP) is 4.69. The summed E-state index contributed by atoms with van der Waals surface area (Å²) in [7, 11) is -3.77. The number of urea groups is 1. The summed E-state index contributed by atoms with van der Waals surface area (Å²) < 4.78 is 70.0. The molecule has 2 amide bonds. The van der Waals surface area contributed by atoms with E-state index >= 15 is 0 Å². The normalized spacial score (nSPS) is 16.7. The van der Waals surface area contributed by atoms with Gasteiger partial charge in [0, 0.05) is 12.0 Å². The molecule has 0 radical (unpaired) electrons. The summed E-state index contributed by atoms with van der Waals surface area (Å²) in [5.41, 5.74) is -0.482. The van der Waals surface area contributed by atoms with Crippen molar-refractivity contribution in [3.05, 3.63) is 83.1 Å². The third-order valence-electron chi connectivity index (χ3n) is 5.35. The minimum absolute atomic E-state index is 0.00726. The fraction of sp³-hybridized carbons (Fsp3) is 0.250. The minimum Gasteiger partial charge on any atom is -0.458 e. The van der Waals surface area contributed by atoms with Crippen molar-refractivity contribution in [1.82, 2.24) is 5.32 Å². The average Bonchev–Trinajstić information content (AvgIpc) is 2.76. The van der Waals surface area contributed by atoms with Gasteiger partial charge < -0.3 is 10.1 Å². The highest BCUT2D eigenvalue weighted by atomic mass is 32.2. The highest BCUT2D eigenvalue weighted by Gasteiger charge is 2.40. The summed E-state index contributed by atoms with van der Waals surface area (Å²) in [6.45, 7) is 6.37. The number of rotatable bonds is 6. The van der Waals surface area contributed by atoms with E-state index in [0.717, 1.165) is 29.4 Å². The van der Waals surface area contributed by atoms with Gasteiger partial charge in [0.05, 0.1) is 27.8 Å². The molecule has 0 fully saturated rings. The van der Waals surface area contributed by atoms with Crippen LogP contribution in [0.25, 0.3) is 0 Å². The quantitative estimate of drug-likeness (QED) is 0.452. The molecule has 1 aliphatic heterocycles. The first-order valence-corrected chi connectivity index (χ1v) is 12.2. The van der Waals surface area contributed by atoms with E-state index in [0.29, 0.717) is 5.56 Å². The molecule has 0 saturated carbocycles. The molecular formula is C24H23F3N2O5S. The summed E-state index contributed by atoms with van der Waals surface area (Å²) >= 11 is 0. The number of carbonyl (C=O) groups is 2. The van der Waals surface area contributed by atoms with Gasteiger partial charge in [0.15, 0.2) is 9.84 Å². The number of esters is 1. The Morgan fingerprint density at radius 1 is 1.20 bits per heavy atom. The standard InChI is InChI=1S/C24H23F3N2O5S/c1-5-11-34-22(30)20-15(3)29(17-8-6-7-16(13-17)24(25,26)27)23(31)28-21(20)18-10-9-14(2)12-19(18)35(4,32)33/h5-10,12-13,21H,1,11H2,2-4H3,(H,28,31). The fourth-order valence-electron chi connectivity index (χ4n) is 3.79. The van der Waals surface area contributed by atoms with Crippen LogP contribution < -0.4 is 10.2 Å². The first-order valence-electron chi connectivity index (χ1n) is 10.3. The van der Waals surface area contributed by atoms with Crippen LogP contribution in [0.4, 0.5) is 23.7 Å². The van der Waals surface area contributed by atoms with Gasteiger partial charge in [-0.1, -0.05) is 30.9 Å². The van der Waals surface area contributed by atoms with E-state index in [-0.39, 0.29) is 34.0 Å². The van der Waals surface area contributed by atoms with Gasteiger partial charge in [-0.25, -0.2) is 18.0 Å². The van der Waals surface area contributed by atoms with Crippen molar-refractivity contribution in [2.45, 2.75) is 31.0 Å². The number of sulfone groups is 1. The molecule has 11 heteroatoms. The van der Waals surface area contributed by atoms with E-state index < -0.39 is 39.6 Å². The van der Waals surface area contributed by atoms with Gasteiger partial charge >= 0.3 is 18.2 Å². The van der Waals surface area contributed by atoms with Gasteiger partial charge in [0.25, 0.3) is 0 Å². The average molecular weight is 509 g/mol. The first-order chi connectivity index (χ1) is 16.3. The summed E-state index contributed by atoms with van der Waals surface area (Å²) in [5.74, 6) is -0.885. The number of aryl methyl sites for hydroxylation is 1. The van der Waals surface area contributed by atoms with Crippen LogP contribution in [0.2, 0.25) is 0 Å². The number of amides is 2. The van der Waals surface area contributed by atoms with E-state index in [2.05, 4.69) is 11.9 Å². The Hall–Kier alpha value is -3.60. The number of ether oxygens (including phenoxy) is 1. The lowest BCUT2D eigenvalue weighted by molar-refractivity contribution is -0.139. The van der Waals surface area contributed by atoms with Gasteiger partial charge in [-0.05, 0) is 49.2 Å². The van der Waals surface area contributed by atoms with Crippen molar-refractivity contribution in [3.8, 4) is 0 Å². The third-order valence-corrected chi connectivity index (χ3v) is 6.50. The zero-order chi connectivity index (χ0) is 26.1. The lowest BCUT2D eigenvalue weighted by Crippen LogP contribution is -2.48. The Balaban J connectivity index is 2.25. The molecule has 1 heterocycles. The molecule has 0 spiro atoms. The van der Waals surface area contributed by atoms with Crippen molar-refractivity contribution < 1.29 is 35.9 Å². The van der Waals surface area contributed by atoms with Gasteiger partial charge in [-0.15, -0.1) is 0 Å². The molecule has 0 saturated heterocycles. The van der Waals surface area contributed by atoms with Crippen LogP contribution in [-0.2, 0) is 25.5 Å². The summed E-state index contributed by atoms with van der Waals surface area (Å²) in [6, 6.07) is 6.52. The first kappa shape index (κ1) is 26.0. The number of benzene rings is 2. The Morgan fingerprint density at radius 3 is 2.49 bits per heavy atom. The number of hydrogen-bond donors (Lipinski definition) is 1. The molecule has 0 aliphatic carbocycles. The van der Waals surface area contributed by atoms with Crippen LogP contribution in [0.3, 0.4) is 0 Å². The number of halogens is 3. The predicted molar refractivity (Wildman–Crippen MR) is 123 cm³/mol. The number of alkyl halides is 3. The largest absolute Gasteiger partial charge is 0.458 e. The fourth-order valence-corrected chi connectivity index (χ4v) is 4.80. The zero-order valence-electron chi connectivity index (χ0n) is 19.1. The van der Waals surface area contributed by atoms with Crippen molar-refractivity contribution in [2.24, 2.45) is 0 Å². The van der Waals surface area contributed by atoms with Crippen LogP contribution in [0.1, 0.15) is 29.7 Å². The minimum atomic E-state index is -4.65. The number of nitrogens with zero attached hydrogens (tertiary/aromatic N) is 1. The Bertz CT molecular complexity index is 1330. The number of nitrogens with one attached hydrogen (secondary N) is 1. The number of hydrogen-bond acceptors (Lipinski definition) is 5. The van der Waals surface area contributed by atoms with Crippen molar-refractivity contribution in [1.29, 1.82) is 0 Å². The highest BCUT2D eigenvalue weighted by molar-refractivity contribution is 7.90. The molecule has 2 aromatic carbocycles. The van der Waals surface area contributed by atoms with Crippen LogP contribution in [0.15, 0.2) is 71.3 Å². The molecular weight excluding hydrogens is 485 g/mol. The Labute approximate surface area is 200 Å². The zero-order valence-corrected chi connectivity index (χ0v) is 20.0. The number of allylic oxidation sites excluding steroid dienone is 1. The Kier molecular flexibility index (Phi) is 7.11. The van der Waals surface area contributed by atoms with Crippen molar-refractivity contribution in [3.63, 3.8) is 0 Å². The van der Waals surface area contributed by atoms with E-state index in [4.69, 9.17) is 4.74 Å². The van der Waals surface area contributed by atoms with Crippen molar-refractivity contribution in [2.75, 3.05) is 17.8 Å². The number of carbonyl (C=O) groups excluding carboxylic acids is 2. The van der Waals surface area contributed by atoms with Crippen LogP contribution in [0, 0.1) is 6.92 Å². The maximum Gasteiger partial charge on any atom is 0.416 e. The molecule has 2 aromatic rings. The second-order valence-corrected chi connectivity index (χ2v) is 9.95. The van der Waals surface area contributed by atoms with Crippen LogP contribution in [0.5, 0.6) is 0 Å². The molecule has 0 aromatic heterocycles. The monoisotopic (exact) mass is 508 g/mol. The second-order valence-electron chi connectivity index (χ2n) is 7.97. The maximum absolute atomic E-state index is 13.3. The smallest absolute Gasteiger partial charge is 0.416 e. The molecule has 0 bridgehead atoms. The molecule has 1 N–H and O–H groups in total. The van der Waals surface area contributed by atoms with Crippen LogP contribution in [-0.4, -0.2) is 33.3 Å². The second kappa shape index (κ2) is 9.57. The van der Waals surface area contributed by atoms with Gasteiger partial charge in [0.1, 0.15) is 6.61 Å². The van der Waals surface area contributed by atoms with E-state index in [1.54, 1.807) is 13.0 Å². The van der Waals surface area contributed by atoms with Gasteiger partial charge in [-0.2, -0.15) is 13.2 Å². The maximum atomic E-state index is 13.3. The van der Waals surface area contributed by atoms with E-state index in [9.17, 15) is 31.2 Å². The lowest BCUT2D eigenvalue weighted by Gasteiger charge is -2.36. The molecule has 3 rings (SSSR count). The van der Waals surface area contributed by atoms with Gasteiger partial charge in [-0.3, -0.25) is 4.90 Å². The summed E-state index contributed by atoms with van der Waals surface area (Å²) in [6.07, 6.45) is -2.33. The highest BCUT2D eigenvalue weighted by Crippen LogP contribution is 2.38. The van der Waals surface area contributed by atoms with Gasteiger partial charge in [0.2, 0.25) is 0 Å². The molecule has 1 unspecified atom stereocenters. The number of anilines is 1. The molecule has 35 heavy (non-hydrogen) atoms. The topological polar surface area (TPSA) is 92.8 Å². The Morgan fingerprint density at radius 2 is 1.89 bits per heavy atom. The molecule has 186 valence electrons. The van der Waals surface area contributed by atoms with Crippen LogP contribution >= 0.6 is 0 Å². The summed E-state index contributed by atoms with van der Waals surface area (Å²) in [4.78, 5) is 27.0. The van der Waals surface area contributed by atoms with E-state index in [1.807, 2.05) is 0 Å². The van der Waals surface area contributed by atoms with Crippen molar-refractivity contribution >= 4 is 27.5 Å². The third kappa shape index (κ3) is 5.40. The van der Waals surface area contributed by atoms with E-state index in [1.165, 1.54) is 31.2 Å². The molecule has 1 aliphatic rings. The summed E-state index contributed by atoms with van der Waals surface area (Å²) in [5, 5.41) is 2.57. The molecule has 1 atom stereocenters. The molecule has 7 nitrogen and oxygen atoms in total. The SMILES string of the molecule is C=CCOC(=O)C1=C(C)N(c2cccc(C(F)(F)F)c2)C(=O)NC1c1ccc(C)cc1S(C)(=O)=O. The lowest BCUT2D eigenvalue weighted by atomic mass is 9.93.